The molecule has 3 aromatic rings. The second kappa shape index (κ2) is 8.07. The van der Waals surface area contributed by atoms with Gasteiger partial charge in [-0.2, -0.15) is 5.10 Å². The maximum Gasteiger partial charge on any atom is 0.272 e. The summed E-state index contributed by atoms with van der Waals surface area (Å²) in [6, 6.07) is 5.43. The lowest BCUT2D eigenvalue weighted by Gasteiger charge is -2.22. The van der Waals surface area contributed by atoms with Crippen LogP contribution in [-0.2, 0) is 24.5 Å². The Morgan fingerprint density at radius 2 is 2.10 bits per heavy atom. The maximum atomic E-state index is 13.4. The number of hydrogen-bond acceptors (Lipinski definition) is 8. The lowest BCUT2D eigenvalue weighted by atomic mass is 10.1. The molecule has 0 spiro atoms. The maximum absolute atomic E-state index is 13.4. The van der Waals surface area contributed by atoms with Crippen molar-refractivity contribution in [3.63, 3.8) is 0 Å². The number of rotatable bonds is 7. The van der Waals surface area contributed by atoms with E-state index in [0.717, 1.165) is 29.4 Å². The van der Waals surface area contributed by atoms with E-state index < -0.39 is 0 Å². The number of amides is 1. The Balaban J connectivity index is 1.43. The minimum atomic E-state index is -0.131. The van der Waals surface area contributed by atoms with E-state index in [1.165, 1.54) is 0 Å². The molecule has 0 bridgehead atoms. The van der Waals surface area contributed by atoms with Gasteiger partial charge in [0, 0.05) is 23.6 Å². The van der Waals surface area contributed by atoms with E-state index in [0.29, 0.717) is 67.4 Å². The highest BCUT2D eigenvalue weighted by Crippen LogP contribution is 2.32. The number of fused-ring (bicyclic) bond motifs is 3. The monoisotopic (exact) mass is 420 g/mol. The number of carbonyl (C=O) groups excluding carboxylic acids is 1. The average Bonchev–Trinajstić information content (AvgIpc) is 3.45. The van der Waals surface area contributed by atoms with Gasteiger partial charge >= 0.3 is 0 Å². The molecule has 160 valence electrons. The van der Waals surface area contributed by atoms with E-state index in [2.05, 4.69) is 20.2 Å². The van der Waals surface area contributed by atoms with Crippen molar-refractivity contribution in [1.29, 1.82) is 0 Å². The molecule has 1 fully saturated rings. The molecule has 0 radical (unpaired) electrons. The van der Waals surface area contributed by atoms with Crippen molar-refractivity contribution in [2.24, 2.45) is 5.92 Å². The summed E-state index contributed by atoms with van der Waals surface area (Å²) in [5, 5.41) is 9.16. The molecular formula is C22H24N6O3. The molecule has 5 rings (SSSR count). The molecule has 9 nitrogen and oxygen atoms in total. The Morgan fingerprint density at radius 3 is 2.84 bits per heavy atom. The van der Waals surface area contributed by atoms with Crippen LogP contribution in [0.4, 0.5) is 5.82 Å². The third-order valence-corrected chi connectivity index (χ3v) is 5.64. The quantitative estimate of drug-likeness (QED) is 0.620. The summed E-state index contributed by atoms with van der Waals surface area (Å²) < 4.78 is 10.9. The van der Waals surface area contributed by atoms with Crippen LogP contribution in [0.2, 0.25) is 0 Å². The minimum absolute atomic E-state index is 0.131. The van der Waals surface area contributed by atoms with Crippen molar-refractivity contribution in [3.05, 3.63) is 46.9 Å². The van der Waals surface area contributed by atoms with Crippen molar-refractivity contribution >= 4 is 22.6 Å². The second-order valence-electron chi connectivity index (χ2n) is 7.96. The molecule has 9 heteroatoms. The van der Waals surface area contributed by atoms with Crippen LogP contribution in [0.3, 0.4) is 0 Å². The lowest BCUT2D eigenvalue weighted by molar-refractivity contribution is 0.0726. The Labute approximate surface area is 179 Å². The Bertz CT molecular complexity index is 1130. The molecule has 31 heavy (non-hydrogen) atoms. The molecule has 0 unspecified atom stereocenters. The van der Waals surface area contributed by atoms with E-state index in [9.17, 15) is 4.79 Å². The van der Waals surface area contributed by atoms with Gasteiger partial charge in [0.2, 0.25) is 5.88 Å². The van der Waals surface area contributed by atoms with Crippen molar-refractivity contribution in [2.75, 3.05) is 18.9 Å². The zero-order chi connectivity index (χ0) is 21.4. The predicted molar refractivity (Wildman–Crippen MR) is 113 cm³/mol. The zero-order valence-electron chi connectivity index (χ0n) is 17.4. The standard InChI is InChI=1S/C22H24N6O3/c1-2-31-20-6-5-14(26-27-20)10-28(9-13-3-4-13)22(29)18-7-15-16-11-30-12-17(16)21(23)25-19(15)8-24-18/h5-8,13H,2-4,9-12H2,1H3,(H2,23,25). The molecule has 0 saturated heterocycles. The van der Waals surface area contributed by atoms with Crippen LogP contribution in [0.25, 0.3) is 10.9 Å². The van der Waals surface area contributed by atoms with Gasteiger partial charge in [-0.1, -0.05) is 0 Å². The topological polar surface area (TPSA) is 116 Å². The van der Waals surface area contributed by atoms with Crippen molar-refractivity contribution in [1.82, 2.24) is 25.1 Å². The van der Waals surface area contributed by atoms with Crippen LogP contribution < -0.4 is 10.5 Å². The second-order valence-corrected chi connectivity index (χ2v) is 7.96. The fourth-order valence-electron chi connectivity index (χ4n) is 3.84. The lowest BCUT2D eigenvalue weighted by Crippen LogP contribution is -2.33. The van der Waals surface area contributed by atoms with E-state index >= 15 is 0 Å². The summed E-state index contributed by atoms with van der Waals surface area (Å²) in [4.78, 5) is 24.0. The van der Waals surface area contributed by atoms with Gasteiger partial charge in [-0.25, -0.2) is 9.97 Å². The van der Waals surface area contributed by atoms with E-state index in [1.54, 1.807) is 23.2 Å². The largest absolute Gasteiger partial charge is 0.477 e. The first-order chi connectivity index (χ1) is 15.1. The molecule has 4 heterocycles. The van der Waals surface area contributed by atoms with Crippen molar-refractivity contribution in [3.8, 4) is 5.88 Å². The number of pyridine rings is 2. The molecule has 0 aromatic carbocycles. The summed E-state index contributed by atoms with van der Waals surface area (Å²) in [5.41, 5.74) is 9.70. The van der Waals surface area contributed by atoms with Gasteiger partial charge in [0.25, 0.3) is 5.91 Å². The number of anilines is 1. The molecule has 3 aromatic heterocycles. The zero-order valence-corrected chi connectivity index (χ0v) is 17.4. The third kappa shape index (κ3) is 4.00. The van der Waals surface area contributed by atoms with Crippen LogP contribution in [0.15, 0.2) is 24.4 Å². The van der Waals surface area contributed by atoms with E-state index in [1.807, 2.05) is 13.0 Å². The molecule has 0 atom stereocenters. The summed E-state index contributed by atoms with van der Waals surface area (Å²) in [5.74, 6) is 1.34. The summed E-state index contributed by atoms with van der Waals surface area (Å²) >= 11 is 0. The third-order valence-electron chi connectivity index (χ3n) is 5.64. The summed E-state index contributed by atoms with van der Waals surface area (Å²) in [6.45, 7) is 4.38. The van der Waals surface area contributed by atoms with Gasteiger partial charge in [-0.3, -0.25) is 4.79 Å². The van der Waals surface area contributed by atoms with E-state index in [-0.39, 0.29) is 5.91 Å². The Kier molecular flexibility index (Phi) is 5.11. The molecular weight excluding hydrogens is 396 g/mol. The number of nitrogens with zero attached hydrogens (tertiary/aromatic N) is 5. The highest BCUT2D eigenvalue weighted by atomic mass is 16.5. The first-order valence-electron chi connectivity index (χ1n) is 10.5. The fraction of sp³-hybridized carbons (Fsp3) is 0.409. The fourth-order valence-corrected chi connectivity index (χ4v) is 3.84. The number of carbonyl (C=O) groups is 1. The van der Waals surface area contributed by atoms with Gasteiger partial charge < -0.3 is 20.1 Å². The molecule has 2 aliphatic rings. The Morgan fingerprint density at radius 1 is 1.26 bits per heavy atom. The smallest absolute Gasteiger partial charge is 0.272 e. The van der Waals surface area contributed by atoms with Crippen LogP contribution in [0.1, 0.15) is 47.1 Å². The van der Waals surface area contributed by atoms with Gasteiger partial charge in [-0.05, 0) is 43.4 Å². The minimum Gasteiger partial charge on any atom is -0.477 e. The average molecular weight is 420 g/mol. The van der Waals surface area contributed by atoms with Gasteiger partial charge in [0.1, 0.15) is 11.5 Å². The van der Waals surface area contributed by atoms with E-state index in [4.69, 9.17) is 15.2 Å². The normalized spacial score (nSPS) is 15.1. The van der Waals surface area contributed by atoms with Gasteiger partial charge in [-0.15, -0.1) is 5.10 Å². The van der Waals surface area contributed by atoms with Gasteiger partial charge in [0.05, 0.1) is 43.8 Å². The highest BCUT2D eigenvalue weighted by Gasteiger charge is 2.29. The SMILES string of the molecule is CCOc1ccc(CN(CC2CC2)C(=O)c2cc3c4c(c(N)nc3cn2)COC4)nn1. The van der Waals surface area contributed by atoms with Crippen LogP contribution in [0.5, 0.6) is 5.88 Å². The Hall–Kier alpha value is -3.33. The molecule has 1 saturated carbocycles. The van der Waals surface area contributed by atoms with Crippen LogP contribution >= 0.6 is 0 Å². The first-order valence-corrected chi connectivity index (χ1v) is 10.5. The first kappa shape index (κ1) is 19.6. The number of nitrogens with two attached hydrogens (primary N) is 1. The number of nitrogen functional groups attached to an aromatic ring is 1. The van der Waals surface area contributed by atoms with Crippen LogP contribution in [-0.4, -0.2) is 44.1 Å². The predicted octanol–water partition coefficient (Wildman–Crippen LogP) is 2.48. The number of hydrogen-bond donors (Lipinski definition) is 1. The highest BCUT2D eigenvalue weighted by molar-refractivity contribution is 5.97. The van der Waals surface area contributed by atoms with Crippen LogP contribution in [0, 0.1) is 5.92 Å². The van der Waals surface area contributed by atoms with Crippen molar-refractivity contribution < 1.29 is 14.3 Å². The van der Waals surface area contributed by atoms with Crippen molar-refractivity contribution in [2.45, 2.75) is 39.5 Å². The molecule has 1 aliphatic heterocycles. The summed E-state index contributed by atoms with van der Waals surface area (Å²) in [6.07, 6.45) is 3.89. The number of aromatic nitrogens is 4. The summed E-state index contributed by atoms with van der Waals surface area (Å²) in [7, 11) is 0. The molecule has 2 N–H and O–H groups in total. The molecule has 1 amide bonds. The molecule has 1 aliphatic carbocycles. The number of ether oxygens (including phenoxy) is 2. The van der Waals surface area contributed by atoms with Gasteiger partial charge in [0.15, 0.2) is 0 Å².